The van der Waals surface area contributed by atoms with Crippen LogP contribution in [0.4, 0.5) is 10.1 Å². The number of halogens is 1. The van der Waals surface area contributed by atoms with Crippen molar-refractivity contribution in [3.05, 3.63) is 42.2 Å². The molecule has 0 bridgehead atoms. The number of piperazine rings is 1. The molecule has 2 saturated heterocycles. The highest BCUT2D eigenvalue weighted by molar-refractivity contribution is 6.05. The fourth-order valence-corrected chi connectivity index (χ4v) is 4.55. The molecule has 2 atom stereocenters. The first-order valence-corrected chi connectivity index (χ1v) is 11.0. The van der Waals surface area contributed by atoms with E-state index in [2.05, 4.69) is 5.32 Å². The summed E-state index contributed by atoms with van der Waals surface area (Å²) in [5.41, 5.74) is 0.534. The molecule has 2 heterocycles. The van der Waals surface area contributed by atoms with E-state index in [4.69, 9.17) is 0 Å². The van der Waals surface area contributed by atoms with Crippen molar-refractivity contribution >= 4 is 29.3 Å². The van der Waals surface area contributed by atoms with Crippen LogP contribution in [0.25, 0.3) is 0 Å². The molecule has 3 aliphatic rings. The van der Waals surface area contributed by atoms with E-state index in [0.717, 1.165) is 0 Å². The number of rotatable bonds is 6. The molecule has 4 rings (SSSR count). The van der Waals surface area contributed by atoms with Crippen molar-refractivity contribution in [2.24, 2.45) is 11.8 Å². The van der Waals surface area contributed by atoms with Crippen LogP contribution in [0.3, 0.4) is 0 Å². The minimum Gasteiger partial charge on any atom is -0.340 e. The van der Waals surface area contributed by atoms with Crippen LogP contribution in [-0.2, 0) is 19.2 Å². The average Bonchev–Trinajstić information content (AvgIpc) is 3.04. The maximum Gasteiger partial charge on any atom is 0.238 e. The summed E-state index contributed by atoms with van der Waals surface area (Å²) in [5, 5.41) is 2.73. The standard InChI is InChI=1S/C23H27FN4O4/c24-16-5-7-17(8-6-16)25-20(29)15-26-11-13-27(14-12-26)21(30)9-10-28-22(31)18-3-1-2-4-19(18)23(28)32/h1-2,5-8,18-19H,3-4,9-15H2,(H,25,29). The Kier molecular flexibility index (Phi) is 6.64. The van der Waals surface area contributed by atoms with Gasteiger partial charge >= 0.3 is 0 Å². The summed E-state index contributed by atoms with van der Waals surface area (Å²) >= 11 is 0. The number of hydrogen-bond donors (Lipinski definition) is 1. The number of benzene rings is 1. The molecular formula is C23H27FN4O4. The monoisotopic (exact) mass is 442 g/mol. The maximum absolute atomic E-state index is 13.0. The van der Waals surface area contributed by atoms with Crippen LogP contribution in [0, 0.1) is 17.7 Å². The summed E-state index contributed by atoms with van der Waals surface area (Å²) in [4.78, 5) is 54.8. The Morgan fingerprint density at radius 1 is 0.938 bits per heavy atom. The van der Waals surface area contributed by atoms with Gasteiger partial charge in [0.2, 0.25) is 23.6 Å². The van der Waals surface area contributed by atoms with E-state index in [-0.39, 0.29) is 60.8 Å². The normalized spacial score (nSPS) is 23.4. The van der Waals surface area contributed by atoms with E-state index >= 15 is 0 Å². The number of likely N-dealkylation sites (tertiary alicyclic amines) is 1. The highest BCUT2D eigenvalue weighted by Gasteiger charge is 2.47. The van der Waals surface area contributed by atoms with Gasteiger partial charge in [0.1, 0.15) is 5.82 Å². The van der Waals surface area contributed by atoms with Crippen LogP contribution in [0.2, 0.25) is 0 Å². The Hall–Kier alpha value is -3.07. The first-order chi connectivity index (χ1) is 15.4. The number of allylic oxidation sites excluding steroid dienone is 2. The molecule has 2 fully saturated rings. The van der Waals surface area contributed by atoms with Gasteiger partial charge in [0, 0.05) is 44.8 Å². The largest absolute Gasteiger partial charge is 0.340 e. The second-order valence-electron chi connectivity index (χ2n) is 8.45. The van der Waals surface area contributed by atoms with Crippen LogP contribution in [0.1, 0.15) is 19.3 Å². The van der Waals surface area contributed by atoms with Gasteiger partial charge in [-0.05, 0) is 37.1 Å². The lowest BCUT2D eigenvalue weighted by molar-refractivity contribution is -0.141. The highest BCUT2D eigenvalue weighted by Crippen LogP contribution is 2.35. The number of nitrogens with one attached hydrogen (secondary N) is 1. The molecule has 2 unspecified atom stereocenters. The van der Waals surface area contributed by atoms with Gasteiger partial charge in [-0.1, -0.05) is 12.2 Å². The molecule has 0 saturated carbocycles. The molecule has 1 aliphatic carbocycles. The van der Waals surface area contributed by atoms with Crippen molar-refractivity contribution in [3.8, 4) is 0 Å². The van der Waals surface area contributed by atoms with E-state index in [9.17, 15) is 23.6 Å². The molecule has 1 aromatic carbocycles. The van der Waals surface area contributed by atoms with Gasteiger partial charge in [-0.2, -0.15) is 0 Å². The van der Waals surface area contributed by atoms with E-state index in [0.29, 0.717) is 44.7 Å². The number of anilines is 1. The number of hydrogen-bond acceptors (Lipinski definition) is 5. The molecule has 4 amide bonds. The van der Waals surface area contributed by atoms with Crippen molar-refractivity contribution < 1.29 is 23.6 Å². The summed E-state index contributed by atoms with van der Waals surface area (Å²) < 4.78 is 13.0. The Balaban J connectivity index is 1.19. The van der Waals surface area contributed by atoms with Crippen molar-refractivity contribution in [1.29, 1.82) is 0 Å². The van der Waals surface area contributed by atoms with Crippen LogP contribution in [0.15, 0.2) is 36.4 Å². The average molecular weight is 442 g/mol. The Morgan fingerprint density at radius 3 is 2.12 bits per heavy atom. The van der Waals surface area contributed by atoms with Crippen molar-refractivity contribution in [1.82, 2.24) is 14.7 Å². The maximum atomic E-state index is 13.0. The third-order valence-electron chi connectivity index (χ3n) is 6.37. The minimum absolute atomic E-state index is 0.0889. The lowest BCUT2D eigenvalue weighted by Gasteiger charge is -2.34. The molecule has 2 aliphatic heterocycles. The topological polar surface area (TPSA) is 90.0 Å². The highest BCUT2D eigenvalue weighted by atomic mass is 19.1. The van der Waals surface area contributed by atoms with Gasteiger partial charge in [0.25, 0.3) is 0 Å². The van der Waals surface area contributed by atoms with E-state index < -0.39 is 0 Å². The second-order valence-corrected chi connectivity index (χ2v) is 8.45. The number of amides is 4. The van der Waals surface area contributed by atoms with Gasteiger partial charge in [-0.3, -0.25) is 29.0 Å². The Morgan fingerprint density at radius 2 is 1.53 bits per heavy atom. The van der Waals surface area contributed by atoms with E-state index in [1.807, 2.05) is 17.1 Å². The lowest BCUT2D eigenvalue weighted by Crippen LogP contribution is -2.51. The van der Waals surface area contributed by atoms with Gasteiger partial charge in [-0.25, -0.2) is 4.39 Å². The van der Waals surface area contributed by atoms with Gasteiger partial charge in [0.05, 0.1) is 18.4 Å². The SMILES string of the molecule is O=C(CN1CCN(C(=O)CCN2C(=O)C3CC=CCC3C2=O)CC1)Nc1ccc(F)cc1. The predicted octanol–water partition coefficient (Wildman–Crippen LogP) is 1.25. The van der Waals surface area contributed by atoms with Crippen molar-refractivity contribution in [2.45, 2.75) is 19.3 Å². The van der Waals surface area contributed by atoms with Crippen LogP contribution < -0.4 is 5.32 Å². The zero-order valence-electron chi connectivity index (χ0n) is 17.8. The van der Waals surface area contributed by atoms with Crippen molar-refractivity contribution in [2.75, 3.05) is 44.6 Å². The lowest BCUT2D eigenvalue weighted by atomic mass is 9.85. The quantitative estimate of drug-likeness (QED) is 0.529. The van der Waals surface area contributed by atoms with E-state index in [1.165, 1.54) is 29.2 Å². The molecule has 1 N–H and O–H groups in total. The van der Waals surface area contributed by atoms with Crippen LogP contribution in [0.5, 0.6) is 0 Å². The Labute approximate surface area is 186 Å². The van der Waals surface area contributed by atoms with Gasteiger partial charge < -0.3 is 10.2 Å². The third-order valence-corrected chi connectivity index (χ3v) is 6.37. The number of fused-ring (bicyclic) bond motifs is 1. The molecule has 0 radical (unpaired) electrons. The fourth-order valence-electron chi connectivity index (χ4n) is 4.55. The smallest absolute Gasteiger partial charge is 0.238 e. The van der Waals surface area contributed by atoms with Crippen LogP contribution >= 0.6 is 0 Å². The summed E-state index contributed by atoms with van der Waals surface area (Å²) in [6.07, 6.45) is 5.20. The first-order valence-electron chi connectivity index (χ1n) is 11.0. The number of imide groups is 1. The fraction of sp³-hybridized carbons (Fsp3) is 0.478. The second kappa shape index (κ2) is 9.60. The third kappa shape index (κ3) is 4.88. The number of nitrogens with zero attached hydrogens (tertiary/aromatic N) is 3. The van der Waals surface area contributed by atoms with E-state index in [1.54, 1.807) is 4.90 Å². The molecule has 9 heteroatoms. The molecule has 1 aromatic rings. The number of carbonyl (C=O) groups is 4. The minimum atomic E-state index is -0.363. The van der Waals surface area contributed by atoms with Crippen molar-refractivity contribution in [3.63, 3.8) is 0 Å². The summed E-state index contributed by atoms with van der Waals surface area (Å²) in [7, 11) is 0. The molecular weight excluding hydrogens is 415 g/mol. The zero-order chi connectivity index (χ0) is 22.7. The molecule has 0 aromatic heterocycles. The molecule has 170 valence electrons. The summed E-state index contributed by atoms with van der Waals surface area (Å²) in [5.74, 6) is -1.51. The number of carbonyl (C=O) groups excluding carboxylic acids is 4. The molecule has 0 spiro atoms. The Bertz CT molecular complexity index is 898. The first kappa shape index (κ1) is 22.1. The van der Waals surface area contributed by atoms with Gasteiger partial charge in [-0.15, -0.1) is 0 Å². The van der Waals surface area contributed by atoms with Crippen LogP contribution in [-0.4, -0.2) is 77.6 Å². The molecule has 8 nitrogen and oxygen atoms in total. The van der Waals surface area contributed by atoms with Gasteiger partial charge in [0.15, 0.2) is 0 Å². The predicted molar refractivity (Wildman–Crippen MR) is 115 cm³/mol. The zero-order valence-corrected chi connectivity index (χ0v) is 17.8. The molecule has 32 heavy (non-hydrogen) atoms. The summed E-state index contributed by atoms with van der Waals surface area (Å²) in [6, 6.07) is 5.58. The summed E-state index contributed by atoms with van der Waals surface area (Å²) in [6.45, 7) is 2.40.